The molecule has 1 aliphatic rings. The van der Waals surface area contributed by atoms with E-state index in [-0.39, 0.29) is 11.9 Å². The first-order chi connectivity index (χ1) is 12.7. The highest BCUT2D eigenvalue weighted by Crippen LogP contribution is 2.17. The molecule has 0 atom stereocenters. The molecular weight excluding hydrogens is 326 g/mol. The molecule has 2 heterocycles. The van der Waals surface area contributed by atoms with Crippen molar-refractivity contribution in [2.45, 2.75) is 32.4 Å². The lowest BCUT2D eigenvalue weighted by molar-refractivity contribution is 0.0910. The summed E-state index contributed by atoms with van der Waals surface area (Å²) in [6, 6.07) is 14.4. The third-order valence-electron chi connectivity index (χ3n) is 5.00. The van der Waals surface area contributed by atoms with Crippen LogP contribution in [0.3, 0.4) is 0 Å². The standard InChI is InChI=1S/C20H23N5O/c1-14-4-2-5-15(12-14)13-25-10-8-16(9-11-25)21-20(26)17-6-3-7-18-19(17)23-24-22-18/h2-7,12,16H,8-11,13H2,1H3,(H,21,26)(H,22,23,24). The monoisotopic (exact) mass is 349 g/mol. The first kappa shape index (κ1) is 16.7. The summed E-state index contributed by atoms with van der Waals surface area (Å²) in [6.45, 7) is 5.08. The van der Waals surface area contributed by atoms with E-state index in [0.29, 0.717) is 16.6 Å². The van der Waals surface area contributed by atoms with E-state index in [2.05, 4.69) is 56.8 Å². The Balaban J connectivity index is 1.34. The first-order valence-electron chi connectivity index (χ1n) is 9.07. The molecule has 0 bridgehead atoms. The molecule has 134 valence electrons. The Hall–Kier alpha value is -2.73. The number of hydrogen-bond acceptors (Lipinski definition) is 4. The van der Waals surface area contributed by atoms with Gasteiger partial charge in [0.15, 0.2) is 0 Å². The maximum atomic E-state index is 12.6. The van der Waals surface area contributed by atoms with Crippen molar-refractivity contribution in [2.75, 3.05) is 13.1 Å². The van der Waals surface area contributed by atoms with Crippen LogP contribution in [0.5, 0.6) is 0 Å². The van der Waals surface area contributed by atoms with Gasteiger partial charge in [0.2, 0.25) is 0 Å². The van der Waals surface area contributed by atoms with Crippen molar-refractivity contribution in [1.82, 2.24) is 25.6 Å². The minimum absolute atomic E-state index is 0.0679. The fraction of sp³-hybridized carbons (Fsp3) is 0.350. The van der Waals surface area contributed by atoms with E-state index in [0.717, 1.165) is 32.5 Å². The highest BCUT2D eigenvalue weighted by atomic mass is 16.1. The Labute approximate surface area is 152 Å². The van der Waals surface area contributed by atoms with Crippen molar-refractivity contribution in [2.24, 2.45) is 0 Å². The van der Waals surface area contributed by atoms with Crippen molar-refractivity contribution in [3.8, 4) is 0 Å². The number of rotatable bonds is 4. The number of benzene rings is 2. The van der Waals surface area contributed by atoms with Gasteiger partial charge < -0.3 is 5.32 Å². The molecule has 1 aromatic heterocycles. The molecule has 0 saturated carbocycles. The second-order valence-corrected chi connectivity index (χ2v) is 7.01. The maximum absolute atomic E-state index is 12.6. The van der Waals surface area contributed by atoms with Gasteiger partial charge in [0.1, 0.15) is 11.0 Å². The molecule has 6 heteroatoms. The number of nitrogens with zero attached hydrogens (tertiary/aromatic N) is 3. The van der Waals surface area contributed by atoms with Crippen LogP contribution < -0.4 is 5.32 Å². The molecule has 0 aliphatic carbocycles. The second-order valence-electron chi connectivity index (χ2n) is 7.01. The number of para-hydroxylation sites is 1. The van der Waals surface area contributed by atoms with Crippen molar-refractivity contribution in [1.29, 1.82) is 0 Å². The summed E-state index contributed by atoms with van der Waals surface area (Å²) >= 11 is 0. The Kier molecular flexibility index (Phi) is 4.67. The molecule has 26 heavy (non-hydrogen) atoms. The number of aryl methyl sites for hydroxylation is 1. The summed E-state index contributed by atoms with van der Waals surface area (Å²) in [4.78, 5) is 15.1. The lowest BCUT2D eigenvalue weighted by Gasteiger charge is -2.32. The average molecular weight is 349 g/mol. The SMILES string of the molecule is Cc1cccc(CN2CCC(NC(=O)c3cccc4n[nH]nc34)CC2)c1. The average Bonchev–Trinajstić information content (AvgIpc) is 3.12. The lowest BCUT2D eigenvalue weighted by atomic mass is 10.0. The number of aromatic amines is 1. The van der Waals surface area contributed by atoms with Crippen LogP contribution in [0, 0.1) is 6.92 Å². The summed E-state index contributed by atoms with van der Waals surface area (Å²) in [5, 5.41) is 13.9. The smallest absolute Gasteiger partial charge is 0.253 e. The minimum Gasteiger partial charge on any atom is -0.349 e. The number of carbonyl (C=O) groups excluding carboxylic acids is 1. The third-order valence-corrected chi connectivity index (χ3v) is 5.00. The van der Waals surface area contributed by atoms with Crippen molar-refractivity contribution >= 4 is 16.9 Å². The van der Waals surface area contributed by atoms with Crippen LogP contribution >= 0.6 is 0 Å². The van der Waals surface area contributed by atoms with Crippen LogP contribution in [0.4, 0.5) is 0 Å². The summed E-state index contributed by atoms with van der Waals surface area (Å²) < 4.78 is 0. The van der Waals surface area contributed by atoms with Crippen molar-refractivity contribution < 1.29 is 4.79 Å². The van der Waals surface area contributed by atoms with Crippen LogP contribution in [0.2, 0.25) is 0 Å². The first-order valence-corrected chi connectivity index (χ1v) is 9.07. The number of aromatic nitrogens is 3. The topological polar surface area (TPSA) is 73.9 Å². The number of amides is 1. The summed E-state index contributed by atoms with van der Waals surface area (Å²) in [5.74, 6) is -0.0679. The van der Waals surface area contributed by atoms with Gasteiger partial charge in [-0.25, -0.2) is 0 Å². The molecule has 1 saturated heterocycles. The predicted octanol–water partition coefficient (Wildman–Crippen LogP) is 2.66. The lowest BCUT2D eigenvalue weighted by Crippen LogP contribution is -2.44. The molecule has 0 spiro atoms. The number of nitrogens with one attached hydrogen (secondary N) is 2. The van der Waals surface area contributed by atoms with Gasteiger partial charge in [0, 0.05) is 25.7 Å². The van der Waals surface area contributed by atoms with Gasteiger partial charge in [0.25, 0.3) is 5.91 Å². The molecule has 1 aliphatic heterocycles. The van der Waals surface area contributed by atoms with Crippen LogP contribution in [-0.4, -0.2) is 45.3 Å². The molecule has 0 unspecified atom stereocenters. The Morgan fingerprint density at radius 3 is 2.81 bits per heavy atom. The number of fused-ring (bicyclic) bond motifs is 1. The number of piperidine rings is 1. The number of H-pyrrole nitrogens is 1. The zero-order valence-electron chi connectivity index (χ0n) is 14.9. The quantitative estimate of drug-likeness (QED) is 0.759. The Bertz CT molecular complexity index is 911. The minimum atomic E-state index is -0.0679. The Morgan fingerprint density at radius 2 is 2.00 bits per heavy atom. The zero-order valence-corrected chi connectivity index (χ0v) is 14.9. The van der Waals surface area contributed by atoms with E-state index < -0.39 is 0 Å². The molecule has 3 aromatic rings. The van der Waals surface area contributed by atoms with E-state index >= 15 is 0 Å². The predicted molar refractivity (Wildman–Crippen MR) is 101 cm³/mol. The van der Waals surface area contributed by atoms with E-state index in [1.807, 2.05) is 12.1 Å². The van der Waals surface area contributed by atoms with Crippen LogP contribution in [0.25, 0.3) is 11.0 Å². The highest BCUT2D eigenvalue weighted by molar-refractivity contribution is 6.04. The van der Waals surface area contributed by atoms with E-state index in [9.17, 15) is 4.79 Å². The van der Waals surface area contributed by atoms with Gasteiger partial charge in [-0.3, -0.25) is 9.69 Å². The van der Waals surface area contributed by atoms with Crippen molar-refractivity contribution in [3.63, 3.8) is 0 Å². The zero-order chi connectivity index (χ0) is 17.9. The Morgan fingerprint density at radius 1 is 1.19 bits per heavy atom. The van der Waals surface area contributed by atoms with Gasteiger partial charge in [-0.15, -0.1) is 0 Å². The summed E-state index contributed by atoms with van der Waals surface area (Å²) in [6.07, 6.45) is 1.93. The van der Waals surface area contributed by atoms with Gasteiger partial charge in [-0.05, 0) is 37.5 Å². The molecule has 6 nitrogen and oxygen atoms in total. The van der Waals surface area contributed by atoms with E-state index in [4.69, 9.17) is 0 Å². The molecule has 4 rings (SSSR count). The largest absolute Gasteiger partial charge is 0.349 e. The maximum Gasteiger partial charge on any atom is 0.253 e. The molecule has 1 amide bonds. The summed E-state index contributed by atoms with van der Waals surface area (Å²) in [7, 11) is 0. The van der Waals surface area contributed by atoms with E-state index in [1.54, 1.807) is 6.07 Å². The van der Waals surface area contributed by atoms with Gasteiger partial charge in [-0.1, -0.05) is 35.9 Å². The molecule has 2 aromatic carbocycles. The van der Waals surface area contributed by atoms with Crippen LogP contribution in [0.15, 0.2) is 42.5 Å². The van der Waals surface area contributed by atoms with Gasteiger partial charge >= 0.3 is 0 Å². The number of hydrogen-bond donors (Lipinski definition) is 2. The second kappa shape index (κ2) is 7.25. The van der Waals surface area contributed by atoms with Crippen molar-refractivity contribution in [3.05, 3.63) is 59.2 Å². The molecule has 2 N–H and O–H groups in total. The van der Waals surface area contributed by atoms with Crippen LogP contribution in [0.1, 0.15) is 34.3 Å². The fourth-order valence-corrected chi connectivity index (χ4v) is 3.62. The van der Waals surface area contributed by atoms with Gasteiger partial charge in [0.05, 0.1) is 5.56 Å². The third kappa shape index (κ3) is 3.60. The normalized spacial score (nSPS) is 16.0. The van der Waals surface area contributed by atoms with Gasteiger partial charge in [-0.2, -0.15) is 15.4 Å². The highest BCUT2D eigenvalue weighted by Gasteiger charge is 2.22. The van der Waals surface area contributed by atoms with E-state index in [1.165, 1.54) is 11.1 Å². The summed E-state index contributed by atoms with van der Waals surface area (Å²) in [5.41, 5.74) is 4.57. The number of likely N-dealkylation sites (tertiary alicyclic amines) is 1. The molecule has 1 fully saturated rings. The number of carbonyl (C=O) groups is 1. The molecule has 0 radical (unpaired) electrons. The molecular formula is C20H23N5O. The fourth-order valence-electron chi connectivity index (χ4n) is 3.62. The van der Waals surface area contributed by atoms with Crippen LogP contribution in [-0.2, 0) is 6.54 Å².